The quantitative estimate of drug-likeness (QED) is 0.827. The van der Waals surface area contributed by atoms with Gasteiger partial charge >= 0.3 is 0 Å². The third-order valence-electron chi connectivity index (χ3n) is 1.83. The van der Waals surface area contributed by atoms with Crippen LogP contribution < -0.4 is 15.8 Å². The predicted octanol–water partition coefficient (Wildman–Crippen LogP) is 1.63. The van der Waals surface area contributed by atoms with E-state index in [-0.39, 0.29) is 5.91 Å². The van der Waals surface area contributed by atoms with E-state index in [1.165, 1.54) is 7.11 Å². The summed E-state index contributed by atoms with van der Waals surface area (Å²) < 4.78 is 5.01. The highest BCUT2D eigenvalue weighted by atomic mass is 35.5. The summed E-state index contributed by atoms with van der Waals surface area (Å²) in [5, 5.41) is 3.14. The maximum Gasteiger partial charge on any atom is 0.241 e. The molecule has 0 fully saturated rings. The molecule has 0 unspecified atom stereocenters. The summed E-state index contributed by atoms with van der Waals surface area (Å²) in [5.41, 5.74) is 6.02. The minimum absolute atomic E-state index is 0.251. The maximum absolute atomic E-state index is 11.3. The Labute approximate surface area is 93.4 Å². The molecule has 4 nitrogen and oxygen atoms in total. The maximum atomic E-state index is 11.3. The summed E-state index contributed by atoms with van der Waals surface area (Å²) in [6, 6.07) is 4.43. The van der Waals surface area contributed by atoms with E-state index in [1.54, 1.807) is 25.1 Å². The molecule has 0 saturated carbocycles. The Morgan fingerprint density at radius 1 is 1.60 bits per heavy atom. The van der Waals surface area contributed by atoms with E-state index in [0.29, 0.717) is 16.5 Å². The minimum Gasteiger partial charge on any atom is -0.495 e. The second kappa shape index (κ2) is 5.00. The number of anilines is 1. The summed E-state index contributed by atoms with van der Waals surface area (Å²) in [5.74, 6) is 0.263. The van der Waals surface area contributed by atoms with Gasteiger partial charge in [0.2, 0.25) is 5.91 Å². The molecule has 0 heterocycles. The average molecular weight is 229 g/mol. The van der Waals surface area contributed by atoms with E-state index >= 15 is 0 Å². The Morgan fingerprint density at radius 3 is 2.80 bits per heavy atom. The Morgan fingerprint density at radius 2 is 2.27 bits per heavy atom. The van der Waals surface area contributed by atoms with Gasteiger partial charge in [-0.15, -0.1) is 0 Å². The summed E-state index contributed by atoms with van der Waals surface area (Å²) in [6.45, 7) is 1.61. The molecule has 0 bridgehead atoms. The first-order chi connectivity index (χ1) is 7.04. The topological polar surface area (TPSA) is 64.3 Å². The molecular weight excluding hydrogens is 216 g/mol. The average Bonchev–Trinajstić information content (AvgIpc) is 2.20. The zero-order valence-electron chi connectivity index (χ0n) is 8.58. The van der Waals surface area contributed by atoms with Gasteiger partial charge in [0.15, 0.2) is 0 Å². The van der Waals surface area contributed by atoms with E-state index in [0.717, 1.165) is 0 Å². The Hall–Kier alpha value is -1.26. The van der Waals surface area contributed by atoms with Gasteiger partial charge in [0.25, 0.3) is 0 Å². The van der Waals surface area contributed by atoms with Gasteiger partial charge in [-0.25, -0.2) is 0 Å². The number of rotatable bonds is 3. The second-order valence-electron chi connectivity index (χ2n) is 3.13. The standard InChI is InChI=1S/C10H13ClN2O2/c1-6(12)10(14)13-7-3-4-8(11)9(5-7)15-2/h3-6H,12H2,1-2H3,(H,13,14)/t6-/m1/s1. The second-order valence-corrected chi connectivity index (χ2v) is 3.53. The number of nitrogens with two attached hydrogens (primary N) is 1. The van der Waals surface area contributed by atoms with Crippen molar-refractivity contribution in [3.63, 3.8) is 0 Å². The van der Waals surface area contributed by atoms with Crippen LogP contribution in [0.3, 0.4) is 0 Å². The lowest BCUT2D eigenvalue weighted by Crippen LogP contribution is -2.32. The number of halogens is 1. The molecule has 1 atom stereocenters. The first-order valence-corrected chi connectivity index (χ1v) is 4.82. The van der Waals surface area contributed by atoms with Gasteiger partial charge in [-0.3, -0.25) is 4.79 Å². The number of amides is 1. The van der Waals surface area contributed by atoms with Crippen molar-refractivity contribution >= 4 is 23.2 Å². The predicted molar refractivity (Wildman–Crippen MR) is 60.3 cm³/mol. The fraction of sp³-hybridized carbons (Fsp3) is 0.300. The normalized spacial score (nSPS) is 12.0. The first-order valence-electron chi connectivity index (χ1n) is 4.44. The SMILES string of the molecule is COc1cc(NC(=O)[C@@H](C)N)ccc1Cl. The molecule has 0 radical (unpaired) electrons. The number of hydrogen-bond acceptors (Lipinski definition) is 3. The Bertz CT molecular complexity index is 366. The van der Waals surface area contributed by atoms with Crippen LogP contribution in [0.15, 0.2) is 18.2 Å². The number of carbonyl (C=O) groups excluding carboxylic acids is 1. The summed E-state index contributed by atoms with van der Waals surface area (Å²) in [6.07, 6.45) is 0. The number of carbonyl (C=O) groups is 1. The van der Waals surface area contributed by atoms with E-state index in [9.17, 15) is 4.79 Å². The van der Waals surface area contributed by atoms with Crippen molar-refractivity contribution in [2.24, 2.45) is 5.73 Å². The number of nitrogens with one attached hydrogen (secondary N) is 1. The van der Waals surface area contributed by atoms with Crippen LogP contribution in [0.25, 0.3) is 0 Å². The molecule has 0 aliphatic carbocycles. The first kappa shape index (κ1) is 11.8. The van der Waals surface area contributed by atoms with Crippen LogP contribution >= 0.6 is 11.6 Å². The molecule has 82 valence electrons. The highest BCUT2D eigenvalue weighted by molar-refractivity contribution is 6.32. The third kappa shape index (κ3) is 3.11. The molecule has 5 heteroatoms. The van der Waals surface area contributed by atoms with Crippen LogP contribution in [0.5, 0.6) is 5.75 Å². The van der Waals surface area contributed by atoms with Gasteiger partial charge in [0.1, 0.15) is 5.75 Å². The summed E-state index contributed by atoms with van der Waals surface area (Å²) in [7, 11) is 1.51. The number of hydrogen-bond donors (Lipinski definition) is 2. The van der Waals surface area contributed by atoms with E-state index < -0.39 is 6.04 Å². The van der Waals surface area contributed by atoms with E-state index in [1.807, 2.05) is 0 Å². The molecule has 0 aromatic heterocycles. The van der Waals surface area contributed by atoms with Crippen molar-refractivity contribution in [3.8, 4) is 5.75 Å². The third-order valence-corrected chi connectivity index (χ3v) is 2.14. The van der Waals surface area contributed by atoms with Crippen molar-refractivity contribution in [3.05, 3.63) is 23.2 Å². The van der Waals surface area contributed by atoms with Gasteiger partial charge in [0.05, 0.1) is 18.2 Å². The molecule has 1 amide bonds. The van der Waals surface area contributed by atoms with Crippen LogP contribution in [-0.2, 0) is 4.79 Å². The molecule has 0 spiro atoms. The monoisotopic (exact) mass is 228 g/mol. The van der Waals surface area contributed by atoms with Crippen molar-refractivity contribution in [2.45, 2.75) is 13.0 Å². The number of benzene rings is 1. The summed E-state index contributed by atoms with van der Waals surface area (Å²) >= 11 is 5.83. The highest BCUT2D eigenvalue weighted by Crippen LogP contribution is 2.27. The minimum atomic E-state index is -0.549. The van der Waals surface area contributed by atoms with Crippen LogP contribution in [0, 0.1) is 0 Å². The zero-order chi connectivity index (χ0) is 11.4. The molecule has 0 saturated heterocycles. The molecule has 0 aliphatic heterocycles. The molecule has 1 rings (SSSR count). The Kier molecular flexibility index (Phi) is 3.94. The fourth-order valence-corrected chi connectivity index (χ4v) is 1.19. The van der Waals surface area contributed by atoms with E-state index in [2.05, 4.69) is 5.32 Å². The van der Waals surface area contributed by atoms with Crippen LogP contribution in [-0.4, -0.2) is 19.1 Å². The molecule has 0 aliphatic rings. The molecule has 3 N–H and O–H groups in total. The van der Waals surface area contributed by atoms with Crippen molar-refractivity contribution < 1.29 is 9.53 Å². The molecule has 1 aromatic carbocycles. The number of methoxy groups -OCH3 is 1. The lowest BCUT2D eigenvalue weighted by molar-refractivity contribution is -0.117. The van der Waals surface area contributed by atoms with Crippen molar-refractivity contribution in [1.29, 1.82) is 0 Å². The molecule has 15 heavy (non-hydrogen) atoms. The van der Waals surface area contributed by atoms with E-state index in [4.69, 9.17) is 22.1 Å². The molecular formula is C10H13ClN2O2. The van der Waals surface area contributed by atoms with Crippen molar-refractivity contribution in [1.82, 2.24) is 0 Å². The largest absolute Gasteiger partial charge is 0.495 e. The van der Waals surface area contributed by atoms with Crippen LogP contribution in [0.4, 0.5) is 5.69 Å². The van der Waals surface area contributed by atoms with Gasteiger partial charge in [-0.2, -0.15) is 0 Å². The fourth-order valence-electron chi connectivity index (χ4n) is 0.994. The zero-order valence-corrected chi connectivity index (χ0v) is 9.34. The lowest BCUT2D eigenvalue weighted by atomic mass is 10.2. The smallest absolute Gasteiger partial charge is 0.241 e. The number of ether oxygens (including phenoxy) is 1. The van der Waals surface area contributed by atoms with Gasteiger partial charge in [-0.05, 0) is 19.1 Å². The lowest BCUT2D eigenvalue weighted by Gasteiger charge is -2.09. The van der Waals surface area contributed by atoms with Crippen LogP contribution in [0.2, 0.25) is 5.02 Å². The van der Waals surface area contributed by atoms with Gasteiger partial charge in [0, 0.05) is 11.8 Å². The molecule has 1 aromatic rings. The van der Waals surface area contributed by atoms with Gasteiger partial charge < -0.3 is 15.8 Å². The Balaban J connectivity index is 2.83. The van der Waals surface area contributed by atoms with Crippen LogP contribution in [0.1, 0.15) is 6.92 Å². The highest BCUT2D eigenvalue weighted by Gasteiger charge is 2.08. The van der Waals surface area contributed by atoms with Gasteiger partial charge in [-0.1, -0.05) is 11.6 Å². The van der Waals surface area contributed by atoms with Crippen molar-refractivity contribution in [2.75, 3.05) is 12.4 Å². The summed E-state index contributed by atoms with van der Waals surface area (Å²) in [4.78, 5) is 11.3.